The van der Waals surface area contributed by atoms with Crippen molar-refractivity contribution in [1.29, 1.82) is 0 Å². The minimum Gasteiger partial charge on any atom is -0.465 e. The molecule has 28 heavy (non-hydrogen) atoms. The molecule has 0 atom stereocenters. The van der Waals surface area contributed by atoms with Crippen molar-refractivity contribution in [2.45, 2.75) is 25.7 Å². The number of para-hydroxylation sites is 1. The molecule has 3 rings (SSSR count). The van der Waals surface area contributed by atoms with Gasteiger partial charge in [-0.2, -0.15) is 0 Å². The number of anilines is 1. The first-order chi connectivity index (χ1) is 13.6. The Hall–Kier alpha value is -3.15. The number of aryl methyl sites for hydroxylation is 1. The van der Waals surface area contributed by atoms with Crippen molar-refractivity contribution < 1.29 is 19.1 Å². The van der Waals surface area contributed by atoms with Crippen LogP contribution in [0.15, 0.2) is 54.6 Å². The Morgan fingerprint density at radius 1 is 0.964 bits per heavy atom. The summed E-state index contributed by atoms with van der Waals surface area (Å²) in [4.78, 5) is 37.2. The number of esters is 1. The largest absolute Gasteiger partial charge is 0.465 e. The van der Waals surface area contributed by atoms with Gasteiger partial charge in [0.1, 0.15) is 5.41 Å². The molecule has 2 N–H and O–H groups in total. The second-order valence-corrected chi connectivity index (χ2v) is 6.92. The van der Waals surface area contributed by atoms with Gasteiger partial charge in [-0.25, -0.2) is 4.79 Å². The molecule has 1 aliphatic carbocycles. The summed E-state index contributed by atoms with van der Waals surface area (Å²) in [5.41, 5.74) is 0.783. The van der Waals surface area contributed by atoms with Crippen LogP contribution in [0.3, 0.4) is 0 Å². The van der Waals surface area contributed by atoms with E-state index in [-0.39, 0.29) is 17.4 Å². The van der Waals surface area contributed by atoms with Gasteiger partial charge < -0.3 is 15.4 Å². The molecule has 1 fully saturated rings. The maximum Gasteiger partial charge on any atom is 0.339 e. The number of methoxy groups -OCH3 is 1. The SMILES string of the molecule is COC(=O)c1ccccc1NC(=O)C1(C(=O)NCCCc2ccccc2)CC1. The lowest BCUT2D eigenvalue weighted by Gasteiger charge is -2.16. The zero-order chi connectivity index (χ0) is 20.0. The third kappa shape index (κ3) is 4.39. The summed E-state index contributed by atoms with van der Waals surface area (Å²) in [6, 6.07) is 16.7. The van der Waals surface area contributed by atoms with Gasteiger partial charge in [0.2, 0.25) is 11.8 Å². The van der Waals surface area contributed by atoms with Crippen LogP contribution in [0.1, 0.15) is 35.2 Å². The number of ether oxygens (including phenoxy) is 1. The zero-order valence-corrected chi connectivity index (χ0v) is 15.9. The Labute approximate surface area is 164 Å². The third-order valence-corrected chi connectivity index (χ3v) is 4.97. The Balaban J connectivity index is 1.55. The van der Waals surface area contributed by atoms with Crippen LogP contribution < -0.4 is 10.6 Å². The Morgan fingerprint density at radius 3 is 2.32 bits per heavy atom. The molecule has 146 valence electrons. The number of hydrogen-bond acceptors (Lipinski definition) is 4. The highest BCUT2D eigenvalue weighted by Gasteiger charge is 2.56. The first-order valence-electron chi connectivity index (χ1n) is 9.38. The van der Waals surface area contributed by atoms with E-state index < -0.39 is 11.4 Å². The molecule has 1 aliphatic rings. The lowest BCUT2D eigenvalue weighted by atomic mass is 10.0. The van der Waals surface area contributed by atoms with Crippen LogP contribution in [0, 0.1) is 5.41 Å². The second kappa shape index (κ2) is 8.69. The Kier molecular flexibility index (Phi) is 6.09. The van der Waals surface area contributed by atoms with Crippen molar-refractivity contribution in [1.82, 2.24) is 5.32 Å². The van der Waals surface area contributed by atoms with Gasteiger partial charge >= 0.3 is 5.97 Å². The first-order valence-corrected chi connectivity index (χ1v) is 9.38. The molecule has 6 nitrogen and oxygen atoms in total. The molecule has 0 heterocycles. The quantitative estimate of drug-likeness (QED) is 0.419. The summed E-state index contributed by atoms with van der Waals surface area (Å²) < 4.78 is 4.74. The maximum absolute atomic E-state index is 12.7. The fourth-order valence-corrected chi connectivity index (χ4v) is 3.11. The number of rotatable bonds is 8. The summed E-state index contributed by atoms with van der Waals surface area (Å²) in [6.07, 6.45) is 2.68. The fraction of sp³-hybridized carbons (Fsp3) is 0.318. The van der Waals surface area contributed by atoms with Crippen LogP contribution in [-0.4, -0.2) is 31.4 Å². The highest BCUT2D eigenvalue weighted by molar-refractivity contribution is 6.14. The molecular formula is C22H24N2O4. The van der Waals surface area contributed by atoms with Crippen LogP contribution in [0.5, 0.6) is 0 Å². The predicted molar refractivity (Wildman–Crippen MR) is 106 cm³/mol. The number of carbonyl (C=O) groups is 3. The maximum atomic E-state index is 12.7. The molecule has 1 saturated carbocycles. The van der Waals surface area contributed by atoms with Gasteiger partial charge in [-0.15, -0.1) is 0 Å². The van der Waals surface area contributed by atoms with Crippen LogP contribution in [0.25, 0.3) is 0 Å². The molecule has 0 radical (unpaired) electrons. The van der Waals surface area contributed by atoms with Gasteiger partial charge in [-0.1, -0.05) is 42.5 Å². The number of benzene rings is 2. The van der Waals surface area contributed by atoms with Gasteiger partial charge in [0.25, 0.3) is 0 Å². The van der Waals surface area contributed by atoms with Gasteiger partial charge in [-0.05, 0) is 43.4 Å². The van der Waals surface area contributed by atoms with E-state index in [1.165, 1.54) is 12.7 Å². The number of carbonyl (C=O) groups excluding carboxylic acids is 3. The van der Waals surface area contributed by atoms with Crippen LogP contribution in [-0.2, 0) is 20.7 Å². The van der Waals surface area contributed by atoms with Gasteiger partial charge in [0.05, 0.1) is 18.4 Å². The Bertz CT molecular complexity index is 860. The van der Waals surface area contributed by atoms with E-state index in [9.17, 15) is 14.4 Å². The number of hydrogen-bond donors (Lipinski definition) is 2. The van der Waals surface area contributed by atoms with E-state index in [2.05, 4.69) is 22.8 Å². The third-order valence-electron chi connectivity index (χ3n) is 4.97. The first kappa shape index (κ1) is 19.6. The van der Waals surface area contributed by atoms with Gasteiger partial charge in [0, 0.05) is 6.54 Å². The van der Waals surface area contributed by atoms with Crippen LogP contribution in [0.4, 0.5) is 5.69 Å². The normalized spacial score (nSPS) is 14.0. The summed E-state index contributed by atoms with van der Waals surface area (Å²) in [7, 11) is 1.28. The van der Waals surface area contributed by atoms with Crippen LogP contribution >= 0.6 is 0 Å². The van der Waals surface area contributed by atoms with E-state index >= 15 is 0 Å². The van der Waals surface area contributed by atoms with Crippen LogP contribution in [0.2, 0.25) is 0 Å². The molecule has 2 aromatic carbocycles. The molecule has 2 amide bonds. The molecule has 0 spiro atoms. The molecule has 2 aromatic rings. The molecule has 0 unspecified atom stereocenters. The molecule has 0 aliphatic heterocycles. The predicted octanol–water partition coefficient (Wildman–Crippen LogP) is 2.94. The summed E-state index contributed by atoms with van der Waals surface area (Å²) >= 11 is 0. The smallest absolute Gasteiger partial charge is 0.339 e. The lowest BCUT2D eigenvalue weighted by Crippen LogP contribution is -2.40. The highest BCUT2D eigenvalue weighted by Crippen LogP contribution is 2.47. The van der Waals surface area contributed by atoms with Crippen molar-refractivity contribution in [3.05, 3.63) is 65.7 Å². The average molecular weight is 380 g/mol. The van der Waals surface area contributed by atoms with Crippen molar-refractivity contribution in [3.63, 3.8) is 0 Å². The monoisotopic (exact) mass is 380 g/mol. The van der Waals surface area contributed by atoms with Crippen molar-refractivity contribution in [2.24, 2.45) is 5.41 Å². The second-order valence-electron chi connectivity index (χ2n) is 6.92. The zero-order valence-electron chi connectivity index (χ0n) is 15.9. The van der Waals surface area contributed by atoms with E-state index in [0.29, 0.717) is 25.1 Å². The molecule has 6 heteroatoms. The van der Waals surface area contributed by atoms with Gasteiger partial charge in [0.15, 0.2) is 0 Å². The average Bonchev–Trinajstić information content (AvgIpc) is 3.54. The standard InChI is InChI=1S/C22H24N2O4/c1-28-19(25)17-11-5-6-12-18(17)24-21(27)22(13-14-22)20(26)23-15-7-10-16-8-3-2-4-9-16/h2-6,8-9,11-12H,7,10,13-15H2,1H3,(H,23,26)(H,24,27). The lowest BCUT2D eigenvalue weighted by molar-refractivity contribution is -0.134. The van der Waals surface area contributed by atoms with E-state index in [0.717, 1.165) is 12.8 Å². The minimum atomic E-state index is -1.05. The topological polar surface area (TPSA) is 84.5 Å². The summed E-state index contributed by atoms with van der Waals surface area (Å²) in [6.45, 7) is 0.515. The summed E-state index contributed by atoms with van der Waals surface area (Å²) in [5, 5.41) is 5.60. The molecule has 0 aromatic heterocycles. The molecular weight excluding hydrogens is 356 g/mol. The van der Waals surface area contributed by atoms with Crippen molar-refractivity contribution in [2.75, 3.05) is 19.0 Å². The summed E-state index contributed by atoms with van der Waals surface area (Å²) in [5.74, 6) is -1.18. The van der Waals surface area contributed by atoms with E-state index in [1.807, 2.05) is 18.2 Å². The van der Waals surface area contributed by atoms with E-state index in [4.69, 9.17) is 4.74 Å². The van der Waals surface area contributed by atoms with E-state index in [1.54, 1.807) is 24.3 Å². The number of amides is 2. The minimum absolute atomic E-state index is 0.256. The van der Waals surface area contributed by atoms with Crippen molar-refractivity contribution >= 4 is 23.5 Å². The number of nitrogens with one attached hydrogen (secondary N) is 2. The molecule has 0 saturated heterocycles. The van der Waals surface area contributed by atoms with Gasteiger partial charge in [-0.3, -0.25) is 9.59 Å². The fourth-order valence-electron chi connectivity index (χ4n) is 3.11. The highest BCUT2D eigenvalue weighted by atomic mass is 16.5. The molecule has 0 bridgehead atoms. The Morgan fingerprint density at radius 2 is 1.64 bits per heavy atom. The van der Waals surface area contributed by atoms with Crippen molar-refractivity contribution in [3.8, 4) is 0 Å².